The monoisotopic (exact) mass is 476 g/mol. The Bertz CT molecular complexity index is 649. The van der Waals surface area contributed by atoms with Crippen LogP contribution in [-0.4, -0.2) is 18.5 Å². The predicted octanol–water partition coefficient (Wildman–Crippen LogP) is 7.40. The van der Waals surface area contributed by atoms with Gasteiger partial charge >= 0.3 is 11.9 Å². The fourth-order valence-electron chi connectivity index (χ4n) is 2.22. The SMILES string of the molecule is CCCCC(CC)COC(=O)CCC(=O)Oc1c(Cl)c(Cl)c(Cl)c(Cl)c1Cl. The normalized spacial score (nSPS) is 12.0. The molecule has 0 amide bonds. The number of hydrogen-bond acceptors (Lipinski definition) is 4. The van der Waals surface area contributed by atoms with Crippen LogP contribution in [0.15, 0.2) is 0 Å². The van der Waals surface area contributed by atoms with Crippen LogP contribution in [0.3, 0.4) is 0 Å². The van der Waals surface area contributed by atoms with E-state index in [4.69, 9.17) is 67.5 Å². The minimum Gasteiger partial charge on any atom is -0.465 e. The van der Waals surface area contributed by atoms with E-state index in [1.54, 1.807) is 0 Å². The highest BCUT2D eigenvalue weighted by Crippen LogP contribution is 2.48. The summed E-state index contributed by atoms with van der Waals surface area (Å²) in [6.45, 7) is 4.52. The van der Waals surface area contributed by atoms with Crippen molar-refractivity contribution in [2.45, 2.75) is 52.4 Å². The lowest BCUT2D eigenvalue weighted by molar-refractivity contribution is -0.148. The molecule has 1 atom stereocenters. The van der Waals surface area contributed by atoms with Gasteiger partial charge in [0.1, 0.15) is 10.0 Å². The molecule has 0 bridgehead atoms. The fraction of sp³-hybridized carbons (Fsp3) is 0.556. The fourth-order valence-corrected chi connectivity index (χ4v) is 3.42. The molecule has 1 rings (SSSR count). The molecule has 0 radical (unpaired) electrons. The van der Waals surface area contributed by atoms with Gasteiger partial charge in [-0.1, -0.05) is 91.1 Å². The van der Waals surface area contributed by atoms with E-state index in [0.29, 0.717) is 12.5 Å². The van der Waals surface area contributed by atoms with Gasteiger partial charge in [-0.05, 0) is 12.3 Å². The third kappa shape index (κ3) is 7.51. The molecule has 0 fully saturated rings. The summed E-state index contributed by atoms with van der Waals surface area (Å²) in [4.78, 5) is 23.8. The van der Waals surface area contributed by atoms with Crippen LogP contribution in [0.2, 0.25) is 25.1 Å². The molecule has 4 nitrogen and oxygen atoms in total. The number of unbranched alkanes of at least 4 members (excludes halogenated alkanes) is 1. The number of hydrogen-bond donors (Lipinski definition) is 0. The molecule has 0 spiro atoms. The van der Waals surface area contributed by atoms with Crippen molar-refractivity contribution in [2.24, 2.45) is 5.92 Å². The smallest absolute Gasteiger partial charge is 0.311 e. The van der Waals surface area contributed by atoms with Gasteiger partial charge in [0.05, 0.1) is 34.5 Å². The largest absolute Gasteiger partial charge is 0.465 e. The van der Waals surface area contributed by atoms with Crippen LogP contribution >= 0.6 is 58.0 Å². The molecule has 0 saturated heterocycles. The van der Waals surface area contributed by atoms with Crippen molar-refractivity contribution in [3.05, 3.63) is 25.1 Å². The van der Waals surface area contributed by atoms with Crippen molar-refractivity contribution in [3.8, 4) is 5.75 Å². The molecular weight excluding hydrogens is 457 g/mol. The van der Waals surface area contributed by atoms with Gasteiger partial charge in [-0.25, -0.2) is 0 Å². The minimum atomic E-state index is -0.719. The van der Waals surface area contributed by atoms with E-state index in [2.05, 4.69) is 13.8 Å². The second kappa shape index (κ2) is 12.2. The summed E-state index contributed by atoms with van der Waals surface area (Å²) in [5.41, 5.74) is 0. The Balaban J connectivity index is 2.56. The Hall–Kier alpha value is -0.390. The van der Waals surface area contributed by atoms with Crippen LogP contribution in [0, 0.1) is 5.92 Å². The minimum absolute atomic E-state index is 0.0368. The summed E-state index contributed by atoms with van der Waals surface area (Å²) in [5.74, 6) is -1.05. The summed E-state index contributed by atoms with van der Waals surface area (Å²) >= 11 is 29.7. The first-order valence-corrected chi connectivity index (χ1v) is 10.5. The van der Waals surface area contributed by atoms with Gasteiger partial charge in [0.15, 0.2) is 5.75 Å². The molecule has 0 heterocycles. The second-order valence-corrected chi connectivity index (χ2v) is 7.86. The molecule has 27 heavy (non-hydrogen) atoms. The zero-order valence-electron chi connectivity index (χ0n) is 15.0. The Morgan fingerprint density at radius 3 is 1.89 bits per heavy atom. The zero-order valence-corrected chi connectivity index (χ0v) is 18.8. The summed E-state index contributed by atoms with van der Waals surface area (Å²) in [6.07, 6.45) is 3.82. The highest BCUT2D eigenvalue weighted by Gasteiger charge is 2.23. The first-order chi connectivity index (χ1) is 12.7. The maximum absolute atomic E-state index is 12.0. The molecule has 1 aromatic carbocycles. The predicted molar refractivity (Wildman–Crippen MR) is 111 cm³/mol. The molecule has 9 heteroatoms. The van der Waals surface area contributed by atoms with Crippen molar-refractivity contribution in [3.63, 3.8) is 0 Å². The lowest BCUT2D eigenvalue weighted by atomic mass is 10.0. The molecule has 0 aromatic heterocycles. The average molecular weight is 479 g/mol. The summed E-state index contributed by atoms with van der Waals surface area (Å²) in [7, 11) is 0. The second-order valence-electron chi connectivity index (χ2n) is 5.97. The summed E-state index contributed by atoms with van der Waals surface area (Å²) in [6, 6.07) is 0. The Labute approximate surface area is 184 Å². The van der Waals surface area contributed by atoms with E-state index in [1.807, 2.05) is 0 Å². The maximum atomic E-state index is 12.0. The van der Waals surface area contributed by atoms with Gasteiger partial charge < -0.3 is 9.47 Å². The molecule has 1 unspecified atom stereocenters. The molecule has 0 saturated carbocycles. The lowest BCUT2D eigenvalue weighted by Crippen LogP contribution is -2.16. The third-order valence-electron chi connectivity index (χ3n) is 3.94. The van der Waals surface area contributed by atoms with Gasteiger partial charge in [-0.3, -0.25) is 9.59 Å². The van der Waals surface area contributed by atoms with E-state index >= 15 is 0 Å². The summed E-state index contributed by atoms with van der Waals surface area (Å²) < 4.78 is 10.3. The van der Waals surface area contributed by atoms with Crippen LogP contribution in [0.5, 0.6) is 5.75 Å². The van der Waals surface area contributed by atoms with E-state index in [1.165, 1.54) is 0 Å². The highest BCUT2D eigenvalue weighted by molar-refractivity contribution is 6.55. The van der Waals surface area contributed by atoms with E-state index in [9.17, 15) is 9.59 Å². The van der Waals surface area contributed by atoms with Gasteiger partial charge in [-0.2, -0.15) is 0 Å². The van der Waals surface area contributed by atoms with Crippen molar-refractivity contribution < 1.29 is 19.1 Å². The van der Waals surface area contributed by atoms with Crippen LogP contribution in [-0.2, 0) is 14.3 Å². The standard InChI is InChI=1S/C18H21Cl5O4/c1-3-5-6-10(4-2)9-26-11(24)7-8-12(25)27-18-16(22)14(20)13(19)15(21)17(18)23/h10H,3-9H2,1-2H3. The van der Waals surface area contributed by atoms with E-state index in [0.717, 1.165) is 25.7 Å². The van der Waals surface area contributed by atoms with Crippen molar-refractivity contribution in [1.82, 2.24) is 0 Å². The number of carbonyl (C=O) groups is 2. The Morgan fingerprint density at radius 1 is 0.852 bits per heavy atom. The van der Waals surface area contributed by atoms with Crippen LogP contribution in [0.1, 0.15) is 52.4 Å². The quantitative estimate of drug-likeness (QED) is 0.152. The van der Waals surface area contributed by atoms with Crippen LogP contribution in [0.4, 0.5) is 0 Å². The Morgan fingerprint density at radius 2 is 1.37 bits per heavy atom. The molecule has 1 aromatic rings. The number of rotatable bonds is 10. The van der Waals surface area contributed by atoms with Gasteiger partial charge in [0, 0.05) is 0 Å². The van der Waals surface area contributed by atoms with Gasteiger partial charge in [0.25, 0.3) is 0 Å². The van der Waals surface area contributed by atoms with Gasteiger partial charge in [0.2, 0.25) is 0 Å². The van der Waals surface area contributed by atoms with Crippen molar-refractivity contribution >= 4 is 69.9 Å². The molecule has 0 N–H and O–H groups in total. The van der Waals surface area contributed by atoms with Crippen molar-refractivity contribution in [1.29, 1.82) is 0 Å². The van der Waals surface area contributed by atoms with Crippen molar-refractivity contribution in [2.75, 3.05) is 6.61 Å². The summed E-state index contributed by atoms with van der Waals surface area (Å²) in [5, 5.41) is -0.451. The maximum Gasteiger partial charge on any atom is 0.311 e. The molecule has 152 valence electrons. The van der Waals surface area contributed by atoms with E-state index in [-0.39, 0.29) is 43.7 Å². The zero-order chi connectivity index (χ0) is 20.6. The average Bonchev–Trinajstić information content (AvgIpc) is 2.66. The molecule has 0 aliphatic rings. The molecule has 0 aliphatic carbocycles. The molecule has 0 aliphatic heterocycles. The number of halogens is 5. The van der Waals surface area contributed by atoms with Crippen LogP contribution < -0.4 is 4.74 Å². The topological polar surface area (TPSA) is 52.6 Å². The number of esters is 2. The van der Waals surface area contributed by atoms with Crippen LogP contribution in [0.25, 0.3) is 0 Å². The van der Waals surface area contributed by atoms with E-state index < -0.39 is 11.9 Å². The Kier molecular flexibility index (Phi) is 11.2. The first kappa shape index (κ1) is 24.6. The first-order valence-electron chi connectivity index (χ1n) is 8.60. The third-order valence-corrected chi connectivity index (χ3v) is 6.18. The van der Waals surface area contributed by atoms with Gasteiger partial charge in [-0.15, -0.1) is 0 Å². The molecular formula is C18H21Cl5O4. The number of carbonyl (C=O) groups excluding carboxylic acids is 2. The highest BCUT2D eigenvalue weighted by atomic mass is 35.5. The number of benzene rings is 1. The lowest BCUT2D eigenvalue weighted by Gasteiger charge is -2.15. The number of ether oxygens (including phenoxy) is 2.